The molecule has 0 bridgehead atoms. The zero-order valence-electron chi connectivity index (χ0n) is 12.0. The van der Waals surface area contributed by atoms with Crippen molar-refractivity contribution in [1.82, 2.24) is 9.97 Å². The van der Waals surface area contributed by atoms with E-state index in [1.54, 1.807) is 0 Å². The molecule has 1 aliphatic rings. The summed E-state index contributed by atoms with van der Waals surface area (Å²) in [4.78, 5) is 8.31. The molecule has 1 aliphatic heterocycles. The van der Waals surface area contributed by atoms with Gasteiger partial charge in [0.15, 0.2) is 0 Å². The van der Waals surface area contributed by atoms with Gasteiger partial charge in [-0.25, -0.2) is 4.98 Å². The van der Waals surface area contributed by atoms with Crippen LogP contribution in [0.5, 0.6) is 11.8 Å². The van der Waals surface area contributed by atoms with Crippen molar-refractivity contribution in [2.45, 2.75) is 44.3 Å². The molecule has 6 heteroatoms. The van der Waals surface area contributed by atoms with E-state index >= 15 is 0 Å². The highest BCUT2D eigenvalue weighted by molar-refractivity contribution is 5.24. The molecule has 1 aromatic rings. The first-order chi connectivity index (χ1) is 9.74. The first-order valence-corrected chi connectivity index (χ1v) is 6.99. The molecule has 2 rings (SSSR count). The molecular formula is C14H22N2O4. The van der Waals surface area contributed by atoms with Gasteiger partial charge >= 0.3 is 0 Å². The number of rotatable bonds is 6. The molecule has 0 aliphatic carbocycles. The lowest BCUT2D eigenvalue weighted by Crippen LogP contribution is -2.20. The maximum absolute atomic E-state index is 10.2. The van der Waals surface area contributed by atoms with Gasteiger partial charge in [-0.15, -0.1) is 0 Å². The van der Waals surface area contributed by atoms with Gasteiger partial charge in [0, 0.05) is 6.61 Å². The first kappa shape index (κ1) is 15.0. The fourth-order valence-corrected chi connectivity index (χ4v) is 2.36. The molecule has 2 atom stereocenters. The monoisotopic (exact) mass is 282 g/mol. The highest BCUT2D eigenvalue weighted by Gasteiger charge is 2.20. The number of ether oxygens (including phenoxy) is 3. The van der Waals surface area contributed by atoms with E-state index in [0.717, 1.165) is 25.9 Å². The Hall–Kier alpha value is -1.40. The highest BCUT2D eigenvalue weighted by atomic mass is 16.5. The molecule has 0 amide bonds. The Morgan fingerprint density at radius 2 is 2.25 bits per heavy atom. The van der Waals surface area contributed by atoms with Crippen molar-refractivity contribution >= 4 is 0 Å². The average molecular weight is 282 g/mol. The predicted molar refractivity (Wildman–Crippen MR) is 72.9 cm³/mol. The van der Waals surface area contributed by atoms with Crippen molar-refractivity contribution in [3.05, 3.63) is 11.9 Å². The van der Waals surface area contributed by atoms with Crippen LogP contribution < -0.4 is 9.47 Å². The maximum Gasteiger partial charge on any atom is 0.241 e. The second-order valence-corrected chi connectivity index (χ2v) is 4.89. The Bertz CT molecular complexity index is 422. The standard InChI is InChI=1S/C14H22N2O4/c1-18-12-9-15-13(14(16-12)19-2)11(17)7-6-10-5-3-4-8-20-10/h9-11,17H,3-8H2,1-2H3. The van der Waals surface area contributed by atoms with Crippen molar-refractivity contribution in [1.29, 1.82) is 0 Å². The third kappa shape index (κ3) is 3.80. The van der Waals surface area contributed by atoms with Gasteiger partial charge in [-0.2, -0.15) is 4.98 Å². The van der Waals surface area contributed by atoms with Gasteiger partial charge in [0.1, 0.15) is 11.8 Å². The van der Waals surface area contributed by atoms with Gasteiger partial charge in [-0.1, -0.05) is 0 Å². The molecule has 0 saturated carbocycles. The van der Waals surface area contributed by atoms with Gasteiger partial charge in [-0.05, 0) is 32.1 Å². The number of aliphatic hydroxyl groups excluding tert-OH is 1. The van der Waals surface area contributed by atoms with E-state index in [-0.39, 0.29) is 6.10 Å². The van der Waals surface area contributed by atoms with E-state index in [1.165, 1.54) is 26.8 Å². The number of nitrogens with zero attached hydrogens (tertiary/aromatic N) is 2. The molecule has 112 valence electrons. The molecule has 6 nitrogen and oxygen atoms in total. The van der Waals surface area contributed by atoms with Crippen molar-refractivity contribution in [3.8, 4) is 11.8 Å². The van der Waals surface area contributed by atoms with E-state index < -0.39 is 6.10 Å². The average Bonchev–Trinajstić information content (AvgIpc) is 2.52. The van der Waals surface area contributed by atoms with Gasteiger partial charge in [0.25, 0.3) is 0 Å². The Morgan fingerprint density at radius 3 is 2.90 bits per heavy atom. The normalized spacial score (nSPS) is 20.4. The lowest BCUT2D eigenvalue weighted by Gasteiger charge is -2.23. The van der Waals surface area contributed by atoms with Gasteiger partial charge in [0.2, 0.25) is 11.8 Å². The Morgan fingerprint density at radius 1 is 1.40 bits per heavy atom. The van der Waals surface area contributed by atoms with Gasteiger partial charge < -0.3 is 19.3 Å². The highest BCUT2D eigenvalue weighted by Crippen LogP contribution is 2.28. The van der Waals surface area contributed by atoms with Gasteiger partial charge in [-0.3, -0.25) is 0 Å². The molecule has 1 saturated heterocycles. The van der Waals surface area contributed by atoms with Crippen molar-refractivity contribution in [3.63, 3.8) is 0 Å². The molecular weight excluding hydrogens is 260 g/mol. The van der Waals surface area contributed by atoms with Crippen molar-refractivity contribution in [2.75, 3.05) is 20.8 Å². The molecule has 20 heavy (non-hydrogen) atoms. The topological polar surface area (TPSA) is 73.7 Å². The van der Waals surface area contributed by atoms with Crippen LogP contribution in [0.4, 0.5) is 0 Å². The fourth-order valence-electron chi connectivity index (χ4n) is 2.36. The summed E-state index contributed by atoms with van der Waals surface area (Å²) in [6.45, 7) is 0.826. The van der Waals surface area contributed by atoms with Crippen LogP contribution in [0.1, 0.15) is 43.9 Å². The zero-order valence-corrected chi connectivity index (χ0v) is 12.0. The summed E-state index contributed by atoms with van der Waals surface area (Å²) in [5.74, 6) is 0.676. The Balaban J connectivity index is 1.95. The smallest absolute Gasteiger partial charge is 0.241 e. The molecule has 0 radical (unpaired) electrons. The van der Waals surface area contributed by atoms with E-state index in [9.17, 15) is 5.11 Å². The minimum Gasteiger partial charge on any atom is -0.480 e. The third-order valence-corrected chi connectivity index (χ3v) is 3.50. The molecule has 1 fully saturated rings. The molecule has 0 aromatic carbocycles. The fraction of sp³-hybridized carbons (Fsp3) is 0.714. The van der Waals surface area contributed by atoms with Crippen LogP contribution in [0.25, 0.3) is 0 Å². The van der Waals surface area contributed by atoms with Crippen molar-refractivity contribution in [2.24, 2.45) is 0 Å². The first-order valence-electron chi connectivity index (χ1n) is 6.99. The van der Waals surface area contributed by atoms with Crippen LogP contribution in [-0.2, 0) is 4.74 Å². The minimum absolute atomic E-state index is 0.246. The van der Waals surface area contributed by atoms with E-state index in [1.807, 2.05) is 0 Å². The lowest BCUT2D eigenvalue weighted by molar-refractivity contribution is 0.00163. The number of methoxy groups -OCH3 is 2. The molecule has 1 aromatic heterocycles. The third-order valence-electron chi connectivity index (χ3n) is 3.50. The quantitative estimate of drug-likeness (QED) is 0.858. The van der Waals surface area contributed by atoms with Crippen LogP contribution >= 0.6 is 0 Å². The summed E-state index contributed by atoms with van der Waals surface area (Å²) in [6, 6.07) is 0. The Labute approximate surface area is 119 Å². The van der Waals surface area contributed by atoms with E-state index in [4.69, 9.17) is 14.2 Å². The molecule has 1 N–H and O–H groups in total. The summed E-state index contributed by atoms with van der Waals surface area (Å²) in [5.41, 5.74) is 0.448. The largest absolute Gasteiger partial charge is 0.480 e. The summed E-state index contributed by atoms with van der Waals surface area (Å²) in [6.07, 6.45) is 5.84. The van der Waals surface area contributed by atoms with Crippen LogP contribution in [0, 0.1) is 0 Å². The number of aliphatic hydroxyl groups is 1. The lowest BCUT2D eigenvalue weighted by atomic mass is 10.0. The van der Waals surface area contributed by atoms with Gasteiger partial charge in [0.05, 0.1) is 26.5 Å². The second kappa shape index (κ2) is 7.40. The molecule has 2 heterocycles. The summed E-state index contributed by atoms with van der Waals surface area (Å²) >= 11 is 0. The number of hydrogen-bond donors (Lipinski definition) is 1. The minimum atomic E-state index is -0.700. The van der Waals surface area contributed by atoms with Crippen molar-refractivity contribution < 1.29 is 19.3 Å². The molecule has 2 unspecified atom stereocenters. The maximum atomic E-state index is 10.2. The van der Waals surface area contributed by atoms with Crippen LogP contribution in [0.3, 0.4) is 0 Å². The predicted octanol–water partition coefficient (Wildman–Crippen LogP) is 1.88. The SMILES string of the molecule is COc1cnc(C(O)CCC2CCCCO2)c(OC)n1. The molecule has 0 spiro atoms. The van der Waals surface area contributed by atoms with E-state index in [2.05, 4.69) is 9.97 Å². The summed E-state index contributed by atoms with van der Waals surface area (Å²) in [5, 5.41) is 10.2. The van der Waals surface area contributed by atoms with E-state index in [0.29, 0.717) is 23.9 Å². The van der Waals surface area contributed by atoms with Crippen LogP contribution in [-0.4, -0.2) is 42.0 Å². The Kier molecular flexibility index (Phi) is 5.55. The van der Waals surface area contributed by atoms with Crippen LogP contribution in [0.2, 0.25) is 0 Å². The second-order valence-electron chi connectivity index (χ2n) is 4.89. The number of hydrogen-bond acceptors (Lipinski definition) is 6. The zero-order chi connectivity index (χ0) is 14.4. The summed E-state index contributed by atoms with van der Waals surface area (Å²) in [7, 11) is 3.02. The van der Waals surface area contributed by atoms with Crippen LogP contribution in [0.15, 0.2) is 6.20 Å². The summed E-state index contributed by atoms with van der Waals surface area (Å²) < 4.78 is 15.8. The number of aromatic nitrogens is 2.